The zero-order valence-corrected chi connectivity index (χ0v) is 23.3. The monoisotopic (exact) mass is 504 g/mol. The van der Waals surface area contributed by atoms with Gasteiger partial charge in [-0.2, -0.15) is 0 Å². The van der Waals surface area contributed by atoms with Crippen molar-refractivity contribution in [2.45, 2.75) is 103 Å². The van der Waals surface area contributed by atoms with E-state index in [2.05, 4.69) is 90.4 Å². The maximum atomic E-state index is 13.4. The number of rotatable bonds is 8. The van der Waals surface area contributed by atoms with E-state index in [1.54, 1.807) is 0 Å². The van der Waals surface area contributed by atoms with Crippen LogP contribution in [-0.2, 0) is 17.4 Å². The molecule has 0 radical (unpaired) electrons. The summed E-state index contributed by atoms with van der Waals surface area (Å²) in [6.45, 7) is 12.9. The van der Waals surface area contributed by atoms with Crippen LogP contribution >= 0.6 is 0 Å². The molecule has 0 atom stereocenters. The van der Waals surface area contributed by atoms with Crippen molar-refractivity contribution in [3.8, 4) is 11.3 Å². The first kappa shape index (κ1) is 25.8. The van der Waals surface area contributed by atoms with Crippen LogP contribution in [0.15, 0.2) is 29.4 Å². The molecule has 1 aromatic heterocycles. The molecule has 5 rings (SSSR count). The summed E-state index contributed by atoms with van der Waals surface area (Å²) < 4.78 is 2.45. The minimum Gasteiger partial charge on any atom is -0.352 e. The smallest absolute Gasteiger partial charge is 0.253 e. The van der Waals surface area contributed by atoms with Crippen molar-refractivity contribution in [2.24, 2.45) is 11.0 Å². The summed E-state index contributed by atoms with van der Waals surface area (Å²) in [7, 11) is 0. The Bertz CT molecular complexity index is 1150. The molecule has 0 bridgehead atoms. The highest BCUT2D eigenvalue weighted by Gasteiger charge is 2.40. The first-order valence-corrected chi connectivity index (χ1v) is 14.1. The second-order valence-corrected chi connectivity index (χ2v) is 12.7. The molecular weight excluding hydrogens is 460 g/mol. The topological polar surface area (TPSA) is 82.5 Å². The third-order valence-corrected chi connectivity index (χ3v) is 8.67. The van der Waals surface area contributed by atoms with Crippen molar-refractivity contribution in [3.05, 3.63) is 46.6 Å². The van der Waals surface area contributed by atoms with Gasteiger partial charge in [0.25, 0.3) is 5.91 Å². The standard InChI is InChI=1S/C30H44N6O/c1-20-25(28(37)31-14-11-27-32-34-35-33-27)18-26(36(20)19-21-9-7-6-8-10-21)22-15-23(29(2,3)4)17-24(16-22)30(5)12-13-30/h15-18,21,34-35H,6-14,19H2,1-5H3,(H,31,37)(H,32,33). The quantitative estimate of drug-likeness (QED) is 0.386. The molecule has 2 aromatic rings. The predicted molar refractivity (Wildman–Crippen MR) is 150 cm³/mol. The summed E-state index contributed by atoms with van der Waals surface area (Å²) in [5, 5.41) is 7.21. The van der Waals surface area contributed by atoms with E-state index in [0.29, 0.717) is 18.9 Å². The lowest BCUT2D eigenvalue weighted by Crippen LogP contribution is -2.36. The molecule has 37 heavy (non-hydrogen) atoms. The number of aromatic nitrogens is 1. The maximum absolute atomic E-state index is 13.4. The second-order valence-electron chi connectivity index (χ2n) is 12.7. The Hall–Kier alpha value is -2.80. The molecule has 3 aliphatic rings. The number of hydrogen-bond acceptors (Lipinski definition) is 5. The molecule has 0 unspecified atom stereocenters. The normalized spacial score (nSPS) is 19.2. The number of carbonyl (C=O) groups excluding carboxylic acids is 1. The SMILES string of the molecule is Cc1c(C(=O)NCCC2=NNNN2)cc(-c2cc(C(C)(C)C)cc(C3(C)CC3)c2)n1CC1CCCCC1. The first-order chi connectivity index (χ1) is 17.6. The van der Waals surface area contributed by atoms with Crippen LogP contribution in [0.2, 0.25) is 0 Å². The molecule has 7 nitrogen and oxygen atoms in total. The zero-order chi connectivity index (χ0) is 26.2. The van der Waals surface area contributed by atoms with E-state index in [1.165, 1.54) is 67.3 Å². The number of benzene rings is 1. The number of hydrazone groups is 1. The first-order valence-electron chi connectivity index (χ1n) is 14.1. The van der Waals surface area contributed by atoms with Gasteiger partial charge in [0.1, 0.15) is 5.84 Å². The second kappa shape index (κ2) is 10.2. The molecule has 2 aliphatic carbocycles. The Kier molecular flexibility index (Phi) is 7.10. The van der Waals surface area contributed by atoms with Crippen molar-refractivity contribution in [1.29, 1.82) is 0 Å². The average molecular weight is 505 g/mol. The number of amides is 1. The third kappa shape index (κ3) is 5.71. The molecule has 1 amide bonds. The van der Waals surface area contributed by atoms with E-state index in [0.717, 1.165) is 23.6 Å². The highest BCUT2D eigenvalue weighted by molar-refractivity contribution is 5.97. The summed E-state index contributed by atoms with van der Waals surface area (Å²) in [4.78, 5) is 13.4. The van der Waals surface area contributed by atoms with E-state index in [-0.39, 0.29) is 16.7 Å². The van der Waals surface area contributed by atoms with Gasteiger partial charge in [-0.05, 0) is 84.2 Å². The van der Waals surface area contributed by atoms with Gasteiger partial charge in [0.15, 0.2) is 0 Å². The van der Waals surface area contributed by atoms with Gasteiger partial charge in [-0.15, -0.1) is 10.6 Å². The van der Waals surface area contributed by atoms with Gasteiger partial charge in [0.05, 0.1) is 5.56 Å². The van der Waals surface area contributed by atoms with Crippen LogP contribution < -0.4 is 21.8 Å². The molecule has 1 aromatic carbocycles. The highest BCUT2D eigenvalue weighted by Crippen LogP contribution is 2.49. The van der Waals surface area contributed by atoms with E-state index >= 15 is 0 Å². The van der Waals surface area contributed by atoms with Crippen LogP contribution in [0.1, 0.15) is 106 Å². The number of hydrogen-bond donors (Lipinski definition) is 4. The van der Waals surface area contributed by atoms with Gasteiger partial charge in [-0.25, -0.2) is 5.53 Å². The fourth-order valence-electron chi connectivity index (χ4n) is 5.74. The molecule has 0 saturated heterocycles. The number of hydrazine groups is 2. The Morgan fingerprint density at radius 3 is 2.54 bits per heavy atom. The Balaban J connectivity index is 1.50. The van der Waals surface area contributed by atoms with Crippen molar-refractivity contribution in [1.82, 2.24) is 26.4 Å². The number of nitrogens with zero attached hydrogens (tertiary/aromatic N) is 2. The third-order valence-electron chi connectivity index (χ3n) is 8.67. The van der Waals surface area contributed by atoms with E-state index in [9.17, 15) is 4.79 Å². The van der Waals surface area contributed by atoms with E-state index in [1.807, 2.05) is 0 Å². The van der Waals surface area contributed by atoms with Crippen LogP contribution in [0, 0.1) is 12.8 Å². The van der Waals surface area contributed by atoms with Crippen LogP contribution in [-0.4, -0.2) is 22.9 Å². The van der Waals surface area contributed by atoms with Gasteiger partial charge in [-0.3, -0.25) is 10.2 Å². The largest absolute Gasteiger partial charge is 0.352 e. The lowest BCUT2D eigenvalue weighted by atomic mass is 9.82. The van der Waals surface area contributed by atoms with Crippen molar-refractivity contribution >= 4 is 11.7 Å². The summed E-state index contributed by atoms with van der Waals surface area (Å²) in [5.41, 5.74) is 15.8. The van der Waals surface area contributed by atoms with Gasteiger partial charge in [0.2, 0.25) is 0 Å². The Morgan fingerprint density at radius 1 is 1.14 bits per heavy atom. The summed E-state index contributed by atoms with van der Waals surface area (Å²) >= 11 is 0. The lowest BCUT2D eigenvalue weighted by molar-refractivity contribution is 0.0954. The van der Waals surface area contributed by atoms with E-state index in [4.69, 9.17) is 0 Å². The molecule has 2 heterocycles. The number of amidine groups is 1. The summed E-state index contributed by atoms with van der Waals surface area (Å²) in [6, 6.07) is 9.34. The molecule has 4 N–H and O–H groups in total. The molecule has 200 valence electrons. The molecule has 1 aliphatic heterocycles. The van der Waals surface area contributed by atoms with Gasteiger partial charge < -0.3 is 9.88 Å². The fraction of sp³-hybridized carbons (Fsp3) is 0.600. The maximum Gasteiger partial charge on any atom is 0.253 e. The van der Waals surface area contributed by atoms with Crippen molar-refractivity contribution in [3.63, 3.8) is 0 Å². The number of carbonyl (C=O) groups is 1. The Morgan fingerprint density at radius 2 is 1.89 bits per heavy atom. The van der Waals surface area contributed by atoms with Crippen molar-refractivity contribution < 1.29 is 4.79 Å². The Labute approximate surface area is 221 Å². The highest BCUT2D eigenvalue weighted by atomic mass is 16.1. The predicted octanol–water partition coefficient (Wildman–Crippen LogP) is 5.44. The summed E-state index contributed by atoms with van der Waals surface area (Å²) in [5.74, 6) is 1.45. The lowest BCUT2D eigenvalue weighted by Gasteiger charge is -2.26. The molecule has 0 spiro atoms. The van der Waals surface area contributed by atoms with Gasteiger partial charge in [0, 0.05) is 30.9 Å². The van der Waals surface area contributed by atoms with Gasteiger partial charge in [-0.1, -0.05) is 53.0 Å². The van der Waals surface area contributed by atoms with Crippen molar-refractivity contribution in [2.75, 3.05) is 6.54 Å². The summed E-state index contributed by atoms with van der Waals surface area (Å²) in [6.07, 6.45) is 9.68. The van der Waals surface area contributed by atoms with Crippen LogP contribution in [0.25, 0.3) is 11.3 Å². The van der Waals surface area contributed by atoms with Crippen LogP contribution in [0.5, 0.6) is 0 Å². The van der Waals surface area contributed by atoms with Gasteiger partial charge >= 0.3 is 0 Å². The van der Waals surface area contributed by atoms with Crippen LogP contribution in [0.3, 0.4) is 0 Å². The average Bonchev–Trinajstić information content (AvgIpc) is 3.27. The molecule has 7 heteroatoms. The van der Waals surface area contributed by atoms with Crippen LogP contribution in [0.4, 0.5) is 0 Å². The molecular formula is C30H44N6O. The minimum atomic E-state index is -0.0120. The molecule has 2 fully saturated rings. The zero-order valence-electron chi connectivity index (χ0n) is 23.3. The molecule has 2 saturated carbocycles. The minimum absolute atomic E-state index is 0.0120. The van der Waals surface area contributed by atoms with E-state index < -0.39 is 0 Å². The fourth-order valence-corrected chi connectivity index (χ4v) is 5.74. The number of nitrogens with one attached hydrogen (secondary N) is 4.